The van der Waals surface area contributed by atoms with Crippen LogP contribution in [0.3, 0.4) is 0 Å². The van der Waals surface area contributed by atoms with Gasteiger partial charge in [0.25, 0.3) is 0 Å². The number of fused-ring (bicyclic) bond motifs is 1. The van der Waals surface area contributed by atoms with E-state index in [0.29, 0.717) is 6.61 Å². The summed E-state index contributed by atoms with van der Waals surface area (Å²) in [4.78, 5) is 4.16. The molecule has 1 aliphatic heterocycles. The van der Waals surface area contributed by atoms with Crippen molar-refractivity contribution in [3.63, 3.8) is 0 Å². The van der Waals surface area contributed by atoms with Crippen LogP contribution in [-0.2, 0) is 11.3 Å². The molecule has 3 heteroatoms. The van der Waals surface area contributed by atoms with Crippen LogP contribution < -0.4 is 5.32 Å². The van der Waals surface area contributed by atoms with Gasteiger partial charge in [0.15, 0.2) is 0 Å². The molecular formula is C13H14N2O. The van der Waals surface area contributed by atoms with Gasteiger partial charge < -0.3 is 10.1 Å². The highest BCUT2D eigenvalue weighted by Gasteiger charge is 2.04. The molecule has 0 amide bonds. The maximum Gasteiger partial charge on any atom is 0.0872 e. The van der Waals surface area contributed by atoms with Crippen LogP contribution in [0.2, 0.25) is 0 Å². The van der Waals surface area contributed by atoms with Gasteiger partial charge >= 0.3 is 0 Å². The summed E-state index contributed by atoms with van der Waals surface area (Å²) in [6, 6.07) is 6.14. The summed E-state index contributed by atoms with van der Waals surface area (Å²) in [6.45, 7) is 1.42. The minimum absolute atomic E-state index is 0.684. The monoisotopic (exact) mass is 214 g/mol. The van der Waals surface area contributed by atoms with E-state index < -0.39 is 0 Å². The van der Waals surface area contributed by atoms with E-state index in [1.807, 2.05) is 12.1 Å². The predicted molar refractivity (Wildman–Crippen MR) is 65.6 cm³/mol. The number of nitrogens with one attached hydrogen (secondary N) is 1. The molecule has 0 atom stereocenters. The van der Waals surface area contributed by atoms with Crippen molar-refractivity contribution in [1.82, 2.24) is 0 Å². The molecule has 0 bridgehead atoms. The summed E-state index contributed by atoms with van der Waals surface area (Å²) in [6.07, 6.45) is 2.50. The zero-order valence-corrected chi connectivity index (χ0v) is 9.29. The van der Waals surface area contributed by atoms with Gasteiger partial charge in [0, 0.05) is 24.8 Å². The quantitative estimate of drug-likeness (QED) is 0.603. The topological polar surface area (TPSA) is 33.6 Å². The first-order valence-corrected chi connectivity index (χ1v) is 5.26. The highest BCUT2D eigenvalue weighted by atomic mass is 16.5. The van der Waals surface area contributed by atoms with Gasteiger partial charge in [0.1, 0.15) is 0 Å². The Morgan fingerprint density at radius 1 is 1.50 bits per heavy atom. The third-order valence-electron chi connectivity index (χ3n) is 2.34. The fourth-order valence-corrected chi connectivity index (χ4v) is 1.52. The summed E-state index contributed by atoms with van der Waals surface area (Å²) < 4.78 is 4.94. The zero-order chi connectivity index (χ0) is 11.2. The minimum atomic E-state index is 0.684. The zero-order valence-electron chi connectivity index (χ0n) is 9.29. The first kappa shape index (κ1) is 10.7. The van der Waals surface area contributed by atoms with Crippen molar-refractivity contribution in [3.05, 3.63) is 29.3 Å². The van der Waals surface area contributed by atoms with E-state index in [9.17, 15) is 0 Å². The Hall–Kier alpha value is -1.79. The lowest BCUT2D eigenvalue weighted by molar-refractivity contribution is 0.206. The molecule has 1 heterocycles. The number of hydrogen-bond donors (Lipinski definition) is 1. The van der Waals surface area contributed by atoms with Gasteiger partial charge in [-0.25, -0.2) is 0 Å². The molecule has 2 rings (SSSR count). The summed E-state index contributed by atoms with van der Waals surface area (Å²) in [7, 11) is 1.68. The van der Waals surface area contributed by atoms with Crippen LogP contribution in [0, 0.1) is 11.8 Å². The third kappa shape index (κ3) is 2.62. The largest absolute Gasteiger partial charge is 0.384 e. The number of methoxy groups -OCH3 is 1. The molecule has 0 saturated carbocycles. The Bertz CT molecular complexity index is 455. The first-order valence-electron chi connectivity index (χ1n) is 5.26. The van der Waals surface area contributed by atoms with Crippen molar-refractivity contribution in [3.8, 4) is 11.8 Å². The number of aliphatic imine (C=N–C) groups is 1. The number of hydrogen-bond acceptors (Lipinski definition) is 3. The Morgan fingerprint density at radius 3 is 3.31 bits per heavy atom. The van der Waals surface area contributed by atoms with Crippen LogP contribution in [0.15, 0.2) is 23.2 Å². The normalized spacial score (nSPS) is 12.3. The van der Waals surface area contributed by atoms with Crippen LogP contribution >= 0.6 is 0 Å². The van der Waals surface area contributed by atoms with Crippen molar-refractivity contribution in [2.45, 2.75) is 13.0 Å². The molecule has 82 valence electrons. The van der Waals surface area contributed by atoms with E-state index in [1.165, 1.54) is 5.56 Å². The van der Waals surface area contributed by atoms with E-state index in [4.69, 9.17) is 4.74 Å². The molecule has 0 radical (unpaired) electrons. The van der Waals surface area contributed by atoms with Crippen LogP contribution in [0.1, 0.15) is 17.5 Å². The van der Waals surface area contributed by atoms with Crippen molar-refractivity contribution >= 4 is 12.0 Å². The molecule has 16 heavy (non-hydrogen) atoms. The standard InChI is InChI=1S/C13H14N2O/c1-16-7-3-2-4-11-5-6-13-12(8-11)9-14-10-15-13/h5-6,8,10H,3,7,9H2,1H3,(H,14,15). The number of benzene rings is 1. The van der Waals surface area contributed by atoms with E-state index in [2.05, 4.69) is 28.2 Å². The minimum Gasteiger partial charge on any atom is -0.384 e. The van der Waals surface area contributed by atoms with Gasteiger partial charge in [0.05, 0.1) is 19.5 Å². The highest BCUT2D eigenvalue weighted by molar-refractivity contribution is 5.79. The lowest BCUT2D eigenvalue weighted by atomic mass is 10.1. The maximum atomic E-state index is 4.94. The molecule has 0 aromatic heterocycles. The van der Waals surface area contributed by atoms with E-state index in [-0.39, 0.29) is 0 Å². The molecule has 1 N–H and O–H groups in total. The average Bonchev–Trinajstić information content (AvgIpc) is 2.34. The Kier molecular flexibility index (Phi) is 3.58. The molecule has 0 unspecified atom stereocenters. The number of nitrogens with zero attached hydrogens (tertiary/aromatic N) is 1. The van der Waals surface area contributed by atoms with E-state index >= 15 is 0 Å². The SMILES string of the molecule is COCCC#Cc1ccc2c(c1)CN=CN2. The number of ether oxygens (including phenoxy) is 1. The summed E-state index contributed by atoms with van der Waals surface area (Å²) in [5, 5.41) is 3.11. The second-order valence-electron chi connectivity index (χ2n) is 3.53. The van der Waals surface area contributed by atoms with Gasteiger partial charge in [-0.3, -0.25) is 4.99 Å². The summed E-state index contributed by atoms with van der Waals surface area (Å²) in [5.41, 5.74) is 3.35. The van der Waals surface area contributed by atoms with Gasteiger partial charge in [-0.1, -0.05) is 11.8 Å². The fraction of sp³-hybridized carbons (Fsp3) is 0.308. The molecule has 3 nitrogen and oxygen atoms in total. The Balaban J connectivity index is 2.08. The van der Waals surface area contributed by atoms with Gasteiger partial charge in [0.2, 0.25) is 0 Å². The molecule has 1 aliphatic rings. The number of anilines is 1. The molecule has 0 spiro atoms. The van der Waals surface area contributed by atoms with Gasteiger partial charge in [-0.05, 0) is 23.8 Å². The van der Waals surface area contributed by atoms with Crippen molar-refractivity contribution < 1.29 is 4.74 Å². The second-order valence-corrected chi connectivity index (χ2v) is 3.53. The van der Waals surface area contributed by atoms with Crippen molar-refractivity contribution in [1.29, 1.82) is 0 Å². The van der Waals surface area contributed by atoms with Gasteiger partial charge in [-0.15, -0.1) is 0 Å². The molecule has 0 saturated heterocycles. The van der Waals surface area contributed by atoms with Crippen LogP contribution in [0.25, 0.3) is 0 Å². The Morgan fingerprint density at radius 2 is 2.44 bits per heavy atom. The first-order chi connectivity index (χ1) is 7.90. The van der Waals surface area contributed by atoms with Crippen LogP contribution in [0.5, 0.6) is 0 Å². The van der Waals surface area contributed by atoms with E-state index in [0.717, 1.165) is 24.2 Å². The van der Waals surface area contributed by atoms with Crippen LogP contribution in [0.4, 0.5) is 5.69 Å². The molecule has 0 fully saturated rings. The van der Waals surface area contributed by atoms with Crippen molar-refractivity contribution in [2.24, 2.45) is 4.99 Å². The molecule has 1 aromatic carbocycles. The predicted octanol–water partition coefficient (Wildman–Crippen LogP) is 2.03. The maximum absolute atomic E-state index is 4.94. The summed E-state index contributed by atoms with van der Waals surface area (Å²) in [5.74, 6) is 6.20. The van der Waals surface area contributed by atoms with E-state index in [1.54, 1.807) is 13.4 Å². The molecular weight excluding hydrogens is 200 g/mol. The lowest BCUT2D eigenvalue weighted by Crippen LogP contribution is -2.04. The summed E-state index contributed by atoms with van der Waals surface area (Å²) >= 11 is 0. The average molecular weight is 214 g/mol. The third-order valence-corrected chi connectivity index (χ3v) is 2.34. The highest BCUT2D eigenvalue weighted by Crippen LogP contribution is 2.19. The smallest absolute Gasteiger partial charge is 0.0872 e. The van der Waals surface area contributed by atoms with Crippen LogP contribution in [-0.4, -0.2) is 20.1 Å². The molecule has 1 aromatic rings. The lowest BCUT2D eigenvalue weighted by Gasteiger charge is -2.11. The fourth-order valence-electron chi connectivity index (χ4n) is 1.52. The molecule has 0 aliphatic carbocycles. The Labute approximate surface area is 95.5 Å². The van der Waals surface area contributed by atoms with Gasteiger partial charge in [-0.2, -0.15) is 0 Å². The number of rotatable bonds is 2. The second kappa shape index (κ2) is 5.34. The van der Waals surface area contributed by atoms with Crippen molar-refractivity contribution in [2.75, 3.05) is 19.0 Å².